The predicted molar refractivity (Wildman–Crippen MR) is 116 cm³/mol. The van der Waals surface area contributed by atoms with E-state index in [1.54, 1.807) is 0 Å². The largest absolute Gasteiger partial charge is 0.492 e. The van der Waals surface area contributed by atoms with E-state index in [-0.39, 0.29) is 11.9 Å². The van der Waals surface area contributed by atoms with E-state index in [2.05, 4.69) is 36.3 Å². The number of nitrogens with zero attached hydrogens (tertiary/aromatic N) is 2. The van der Waals surface area contributed by atoms with Gasteiger partial charge in [0.25, 0.3) is 0 Å². The maximum atomic E-state index is 12.9. The lowest BCUT2D eigenvalue weighted by atomic mass is 9.97. The lowest BCUT2D eigenvalue weighted by molar-refractivity contribution is 0.191. The van der Waals surface area contributed by atoms with Crippen molar-refractivity contribution in [1.82, 2.24) is 14.9 Å². The van der Waals surface area contributed by atoms with E-state index in [1.807, 2.05) is 36.1 Å². The fraction of sp³-hybridized carbons (Fsp3) is 0.391. The number of nitrogens with one attached hydrogen (secondary N) is 2. The van der Waals surface area contributed by atoms with Gasteiger partial charge < -0.3 is 19.9 Å². The van der Waals surface area contributed by atoms with Gasteiger partial charge in [-0.15, -0.1) is 0 Å². The first-order chi connectivity index (χ1) is 14.0. The van der Waals surface area contributed by atoms with E-state index < -0.39 is 0 Å². The monoisotopic (exact) mass is 392 g/mol. The number of carbonyl (C=O) groups excluding carboxylic acids is 1. The minimum absolute atomic E-state index is 0.0929. The third-order valence-corrected chi connectivity index (χ3v) is 5.64. The van der Waals surface area contributed by atoms with Gasteiger partial charge in [0.05, 0.1) is 23.3 Å². The minimum Gasteiger partial charge on any atom is -0.492 e. The van der Waals surface area contributed by atoms with Crippen molar-refractivity contribution in [3.8, 4) is 5.75 Å². The molecule has 1 saturated heterocycles. The number of carbonyl (C=O) groups is 1. The van der Waals surface area contributed by atoms with Crippen molar-refractivity contribution in [3.05, 3.63) is 53.3 Å². The molecular weight excluding hydrogens is 364 g/mol. The summed E-state index contributed by atoms with van der Waals surface area (Å²) in [6, 6.07) is 11.7. The van der Waals surface area contributed by atoms with E-state index >= 15 is 0 Å². The molecule has 29 heavy (non-hydrogen) atoms. The number of para-hydroxylation sites is 2. The van der Waals surface area contributed by atoms with Gasteiger partial charge in [0.1, 0.15) is 11.6 Å². The van der Waals surface area contributed by atoms with E-state index in [4.69, 9.17) is 9.72 Å². The third kappa shape index (κ3) is 4.06. The van der Waals surface area contributed by atoms with Crippen LogP contribution in [0.3, 0.4) is 0 Å². The van der Waals surface area contributed by atoms with Crippen LogP contribution in [0.25, 0.3) is 11.0 Å². The summed E-state index contributed by atoms with van der Waals surface area (Å²) >= 11 is 0. The molecule has 6 heteroatoms. The van der Waals surface area contributed by atoms with Gasteiger partial charge in [-0.3, -0.25) is 0 Å². The number of urea groups is 1. The second kappa shape index (κ2) is 8.15. The standard InChI is InChI=1S/C23H28N4O2/c1-4-29-21-10-6-5-9-18(21)26-23(28)27-11-7-8-17(14-27)22-24-19-12-15(2)16(3)13-20(19)25-22/h5-6,9-10,12-13,17H,4,7-8,11,14H2,1-3H3,(H,24,25)(H,26,28)/t17-/m0/s1. The summed E-state index contributed by atoms with van der Waals surface area (Å²) in [5.74, 6) is 1.88. The molecule has 2 N–H and O–H groups in total. The summed E-state index contributed by atoms with van der Waals surface area (Å²) in [5.41, 5.74) is 5.26. The topological polar surface area (TPSA) is 70.2 Å². The summed E-state index contributed by atoms with van der Waals surface area (Å²) in [5, 5.41) is 3.01. The molecule has 152 valence electrons. The molecule has 2 aromatic carbocycles. The number of aromatic amines is 1. The molecule has 2 heterocycles. The van der Waals surface area contributed by atoms with Crippen molar-refractivity contribution in [3.63, 3.8) is 0 Å². The van der Waals surface area contributed by atoms with Crippen LogP contribution < -0.4 is 10.1 Å². The summed E-state index contributed by atoms with van der Waals surface area (Å²) in [6.07, 6.45) is 1.98. The van der Waals surface area contributed by atoms with Crippen molar-refractivity contribution in [2.24, 2.45) is 0 Å². The Hall–Kier alpha value is -3.02. The number of likely N-dealkylation sites (tertiary alicyclic amines) is 1. The number of imidazole rings is 1. The molecule has 0 aliphatic carbocycles. The number of piperidine rings is 1. The van der Waals surface area contributed by atoms with Gasteiger partial charge >= 0.3 is 6.03 Å². The highest BCUT2D eigenvalue weighted by molar-refractivity contribution is 5.91. The molecule has 1 aliphatic rings. The van der Waals surface area contributed by atoms with Crippen LogP contribution in [-0.2, 0) is 0 Å². The van der Waals surface area contributed by atoms with Gasteiger partial charge in [-0.2, -0.15) is 0 Å². The first-order valence-electron chi connectivity index (χ1n) is 10.3. The van der Waals surface area contributed by atoms with Crippen LogP contribution in [0, 0.1) is 13.8 Å². The molecule has 1 aromatic heterocycles. The highest BCUT2D eigenvalue weighted by Crippen LogP contribution is 2.29. The van der Waals surface area contributed by atoms with Gasteiger partial charge in [-0.25, -0.2) is 9.78 Å². The van der Waals surface area contributed by atoms with E-state index in [9.17, 15) is 4.79 Å². The smallest absolute Gasteiger partial charge is 0.321 e. The maximum absolute atomic E-state index is 12.9. The molecule has 0 spiro atoms. The Labute approximate surface area is 171 Å². The Kier molecular flexibility index (Phi) is 5.43. The van der Waals surface area contributed by atoms with Crippen LogP contribution in [0.4, 0.5) is 10.5 Å². The molecule has 6 nitrogen and oxygen atoms in total. The lowest BCUT2D eigenvalue weighted by Gasteiger charge is -2.32. The predicted octanol–water partition coefficient (Wildman–Crippen LogP) is 4.99. The molecule has 2 amide bonds. The molecule has 1 atom stereocenters. The van der Waals surface area contributed by atoms with E-state index in [1.165, 1.54) is 11.1 Å². The second-order valence-electron chi connectivity index (χ2n) is 7.72. The summed E-state index contributed by atoms with van der Waals surface area (Å²) in [7, 11) is 0. The van der Waals surface area contributed by atoms with Gasteiger partial charge in [-0.1, -0.05) is 12.1 Å². The Bertz CT molecular complexity index is 988. The Balaban J connectivity index is 1.49. The number of ether oxygens (including phenoxy) is 1. The van der Waals surface area contributed by atoms with Crippen LogP contribution in [0.1, 0.15) is 42.6 Å². The van der Waals surface area contributed by atoms with E-state index in [0.717, 1.165) is 36.2 Å². The number of benzene rings is 2. The molecule has 0 bridgehead atoms. The fourth-order valence-electron chi connectivity index (χ4n) is 3.91. The van der Waals surface area contributed by atoms with Crippen LogP contribution in [-0.4, -0.2) is 40.6 Å². The van der Waals surface area contributed by atoms with E-state index in [0.29, 0.717) is 24.6 Å². The number of hydrogen-bond acceptors (Lipinski definition) is 3. The highest BCUT2D eigenvalue weighted by Gasteiger charge is 2.27. The quantitative estimate of drug-likeness (QED) is 0.657. The molecule has 0 radical (unpaired) electrons. The van der Waals surface area contributed by atoms with Gasteiger partial charge in [0, 0.05) is 19.0 Å². The lowest BCUT2D eigenvalue weighted by Crippen LogP contribution is -2.41. The number of aryl methyl sites for hydroxylation is 2. The molecular formula is C23H28N4O2. The summed E-state index contributed by atoms with van der Waals surface area (Å²) in [4.78, 5) is 23.1. The first kappa shape index (κ1) is 19.3. The number of aromatic nitrogens is 2. The molecule has 3 aromatic rings. The SMILES string of the molecule is CCOc1ccccc1NC(=O)N1CCC[C@H](c2nc3cc(C)c(C)cc3[nH]2)C1. The van der Waals surface area contributed by atoms with Crippen molar-refractivity contribution in [2.45, 2.75) is 39.5 Å². The molecule has 1 fully saturated rings. The van der Waals surface area contributed by atoms with Crippen molar-refractivity contribution < 1.29 is 9.53 Å². The van der Waals surface area contributed by atoms with Crippen LogP contribution in [0.15, 0.2) is 36.4 Å². The normalized spacial score (nSPS) is 16.8. The van der Waals surface area contributed by atoms with Crippen LogP contribution >= 0.6 is 0 Å². The zero-order valence-electron chi connectivity index (χ0n) is 17.3. The zero-order valence-corrected chi connectivity index (χ0v) is 17.3. The number of hydrogen-bond donors (Lipinski definition) is 2. The second-order valence-corrected chi connectivity index (χ2v) is 7.72. The van der Waals surface area contributed by atoms with Gasteiger partial charge in [0.2, 0.25) is 0 Å². The number of anilines is 1. The molecule has 1 aliphatic heterocycles. The number of fused-ring (bicyclic) bond motifs is 1. The summed E-state index contributed by atoms with van der Waals surface area (Å²) in [6.45, 7) is 8.11. The van der Waals surface area contributed by atoms with Gasteiger partial charge in [-0.05, 0) is 69.0 Å². The maximum Gasteiger partial charge on any atom is 0.321 e. The number of rotatable bonds is 4. The Morgan fingerprint density at radius 1 is 1.28 bits per heavy atom. The first-order valence-corrected chi connectivity index (χ1v) is 10.3. The average Bonchev–Trinajstić information content (AvgIpc) is 3.13. The highest BCUT2D eigenvalue weighted by atomic mass is 16.5. The van der Waals surface area contributed by atoms with Crippen LogP contribution in [0.5, 0.6) is 5.75 Å². The van der Waals surface area contributed by atoms with Crippen molar-refractivity contribution in [2.75, 3.05) is 25.0 Å². The van der Waals surface area contributed by atoms with Gasteiger partial charge in [0.15, 0.2) is 0 Å². The molecule has 0 unspecified atom stereocenters. The summed E-state index contributed by atoms with van der Waals surface area (Å²) < 4.78 is 5.62. The van der Waals surface area contributed by atoms with Crippen LogP contribution in [0.2, 0.25) is 0 Å². The van der Waals surface area contributed by atoms with Crippen molar-refractivity contribution >= 4 is 22.8 Å². The number of H-pyrrole nitrogens is 1. The fourth-order valence-corrected chi connectivity index (χ4v) is 3.91. The molecule has 0 saturated carbocycles. The average molecular weight is 393 g/mol. The Morgan fingerprint density at radius 3 is 2.90 bits per heavy atom. The Morgan fingerprint density at radius 2 is 2.07 bits per heavy atom. The minimum atomic E-state index is -0.0929. The number of amides is 2. The van der Waals surface area contributed by atoms with Crippen molar-refractivity contribution in [1.29, 1.82) is 0 Å². The third-order valence-electron chi connectivity index (χ3n) is 5.64. The molecule has 4 rings (SSSR count). The zero-order chi connectivity index (χ0) is 20.4.